The number of unbranched alkanes of at least 4 members (excludes halogenated alkanes) is 2. The molecule has 0 amide bonds. The van der Waals surface area contributed by atoms with Gasteiger partial charge in [0.05, 0.1) is 12.2 Å². The third-order valence-corrected chi connectivity index (χ3v) is 6.34. The molecule has 0 aromatic carbocycles. The first-order valence-corrected chi connectivity index (χ1v) is 10.5. The Balaban J connectivity index is 1.72. The van der Waals surface area contributed by atoms with Gasteiger partial charge in [-0.05, 0) is 37.5 Å². The predicted molar refractivity (Wildman–Crippen MR) is 100 cm³/mol. The van der Waals surface area contributed by atoms with E-state index in [1.54, 1.807) is 21.3 Å². The van der Waals surface area contributed by atoms with Gasteiger partial charge in [0.15, 0.2) is 0 Å². The molecular formula is C21H40O4. The van der Waals surface area contributed by atoms with Crippen molar-refractivity contribution in [1.29, 1.82) is 0 Å². The van der Waals surface area contributed by atoms with Crippen molar-refractivity contribution in [3.05, 3.63) is 0 Å². The van der Waals surface area contributed by atoms with Crippen LogP contribution in [0.3, 0.4) is 0 Å². The third-order valence-electron chi connectivity index (χ3n) is 6.34. The summed E-state index contributed by atoms with van der Waals surface area (Å²) in [5.41, 5.74) is 0. The lowest BCUT2D eigenvalue weighted by Crippen LogP contribution is -2.35. The summed E-state index contributed by atoms with van der Waals surface area (Å²) in [7, 11) is 4.96. The van der Waals surface area contributed by atoms with Gasteiger partial charge in [-0.2, -0.15) is 0 Å². The Bertz CT molecular complexity index is 348. The Labute approximate surface area is 154 Å². The minimum absolute atomic E-state index is 0.614. The number of hydrogen-bond donors (Lipinski definition) is 0. The van der Waals surface area contributed by atoms with Crippen LogP contribution < -0.4 is 0 Å². The highest BCUT2D eigenvalue weighted by molar-refractivity contribution is 4.91. The van der Waals surface area contributed by atoms with Crippen LogP contribution in [0, 0.1) is 11.8 Å². The molecule has 0 spiro atoms. The van der Waals surface area contributed by atoms with Gasteiger partial charge in [-0.15, -0.1) is 0 Å². The Morgan fingerprint density at radius 2 is 1.64 bits per heavy atom. The molecule has 1 saturated heterocycles. The van der Waals surface area contributed by atoms with E-state index in [0.29, 0.717) is 12.2 Å². The average Bonchev–Trinajstić information content (AvgIpc) is 3.42. The van der Waals surface area contributed by atoms with Crippen LogP contribution in [0.5, 0.6) is 0 Å². The van der Waals surface area contributed by atoms with Crippen LogP contribution in [-0.4, -0.2) is 39.5 Å². The molecule has 4 nitrogen and oxygen atoms in total. The Morgan fingerprint density at radius 1 is 0.920 bits per heavy atom. The Morgan fingerprint density at radius 3 is 2.28 bits per heavy atom. The molecule has 2 aliphatic rings. The molecule has 0 N–H and O–H groups in total. The van der Waals surface area contributed by atoms with Crippen LogP contribution in [0.25, 0.3) is 0 Å². The molecule has 4 unspecified atom stereocenters. The highest BCUT2D eigenvalue weighted by atomic mass is 16.9. The lowest BCUT2D eigenvalue weighted by molar-refractivity contribution is -0.355. The smallest absolute Gasteiger partial charge is 0.282 e. The summed E-state index contributed by atoms with van der Waals surface area (Å²) in [6, 6.07) is 0. The Kier molecular flexibility index (Phi) is 9.18. The maximum atomic E-state index is 5.69. The summed E-state index contributed by atoms with van der Waals surface area (Å²) in [6.45, 7) is 2.28. The minimum atomic E-state index is -0.865. The fourth-order valence-electron chi connectivity index (χ4n) is 4.50. The highest BCUT2D eigenvalue weighted by Crippen LogP contribution is 2.41. The van der Waals surface area contributed by atoms with Gasteiger partial charge in [0.1, 0.15) is 0 Å². The van der Waals surface area contributed by atoms with Crippen LogP contribution in [0.15, 0.2) is 0 Å². The van der Waals surface area contributed by atoms with Gasteiger partial charge in [-0.3, -0.25) is 0 Å². The second kappa shape index (κ2) is 10.9. The van der Waals surface area contributed by atoms with Crippen molar-refractivity contribution in [2.24, 2.45) is 11.8 Å². The third kappa shape index (κ3) is 6.82. The summed E-state index contributed by atoms with van der Waals surface area (Å²) in [5.74, 6) is 0.858. The van der Waals surface area contributed by atoms with Gasteiger partial charge < -0.3 is 18.9 Å². The van der Waals surface area contributed by atoms with E-state index in [9.17, 15) is 0 Å². The van der Waals surface area contributed by atoms with Crippen LogP contribution >= 0.6 is 0 Å². The standard InChI is InChI=1S/C21H40O4/c1-5-6-7-9-17(10-8-15-21(22-2,23-3)24-4)11-12-18-13-14-19-20(16-18)25-19/h17-20H,5-16H2,1-4H3. The monoisotopic (exact) mass is 356 g/mol. The molecular weight excluding hydrogens is 316 g/mol. The van der Waals surface area contributed by atoms with E-state index in [1.807, 2.05) is 0 Å². The number of ether oxygens (including phenoxy) is 4. The van der Waals surface area contributed by atoms with Crippen LogP contribution in [0.2, 0.25) is 0 Å². The zero-order valence-electron chi connectivity index (χ0n) is 16.9. The molecule has 1 aliphatic carbocycles. The van der Waals surface area contributed by atoms with E-state index < -0.39 is 5.97 Å². The normalized spacial score (nSPS) is 27.1. The zero-order valence-corrected chi connectivity index (χ0v) is 16.9. The lowest BCUT2D eigenvalue weighted by Gasteiger charge is -2.29. The molecule has 4 heteroatoms. The van der Waals surface area contributed by atoms with Crippen molar-refractivity contribution in [1.82, 2.24) is 0 Å². The lowest BCUT2D eigenvalue weighted by atomic mass is 9.82. The summed E-state index contributed by atoms with van der Waals surface area (Å²) >= 11 is 0. The number of fused-ring (bicyclic) bond motifs is 1. The van der Waals surface area contributed by atoms with E-state index in [1.165, 1.54) is 64.2 Å². The summed E-state index contributed by atoms with van der Waals surface area (Å²) < 4.78 is 22.0. The van der Waals surface area contributed by atoms with Crippen molar-refractivity contribution in [3.63, 3.8) is 0 Å². The van der Waals surface area contributed by atoms with Crippen molar-refractivity contribution in [3.8, 4) is 0 Å². The minimum Gasteiger partial charge on any atom is -0.370 e. The topological polar surface area (TPSA) is 40.2 Å². The fourth-order valence-corrected chi connectivity index (χ4v) is 4.50. The van der Waals surface area contributed by atoms with Crippen LogP contribution in [0.4, 0.5) is 0 Å². The van der Waals surface area contributed by atoms with Gasteiger partial charge in [-0.25, -0.2) is 0 Å². The molecule has 0 bridgehead atoms. The van der Waals surface area contributed by atoms with Gasteiger partial charge in [-0.1, -0.05) is 51.9 Å². The average molecular weight is 357 g/mol. The van der Waals surface area contributed by atoms with Crippen molar-refractivity contribution in [2.45, 2.75) is 102 Å². The van der Waals surface area contributed by atoms with Crippen LogP contribution in [-0.2, 0) is 18.9 Å². The van der Waals surface area contributed by atoms with Crippen molar-refractivity contribution < 1.29 is 18.9 Å². The van der Waals surface area contributed by atoms with Crippen molar-refractivity contribution in [2.75, 3.05) is 21.3 Å². The van der Waals surface area contributed by atoms with E-state index in [-0.39, 0.29) is 0 Å². The maximum Gasteiger partial charge on any atom is 0.282 e. The van der Waals surface area contributed by atoms with E-state index >= 15 is 0 Å². The maximum absolute atomic E-state index is 5.69. The van der Waals surface area contributed by atoms with E-state index in [2.05, 4.69) is 6.92 Å². The number of epoxide rings is 1. The number of rotatable bonds is 14. The Hall–Kier alpha value is -0.160. The highest BCUT2D eigenvalue weighted by Gasteiger charge is 2.43. The number of methoxy groups -OCH3 is 3. The molecule has 148 valence electrons. The zero-order chi connectivity index (χ0) is 18.1. The molecule has 1 heterocycles. The molecule has 0 radical (unpaired) electrons. The second-order valence-corrected chi connectivity index (χ2v) is 8.02. The quantitative estimate of drug-likeness (QED) is 0.241. The predicted octanol–water partition coefficient (Wildman–Crippen LogP) is 5.29. The van der Waals surface area contributed by atoms with Gasteiger partial charge in [0.25, 0.3) is 5.97 Å². The fraction of sp³-hybridized carbons (Fsp3) is 1.00. The SMILES string of the molecule is CCCCCC(CCCC(OC)(OC)OC)CCC1CCC2OC2C1. The first-order chi connectivity index (χ1) is 12.2. The molecule has 0 aromatic heterocycles. The molecule has 0 aromatic rings. The number of hydrogen-bond acceptors (Lipinski definition) is 4. The molecule has 1 saturated carbocycles. The summed E-state index contributed by atoms with van der Waals surface area (Å²) in [5, 5.41) is 0. The molecule has 1 aliphatic heterocycles. The first kappa shape index (κ1) is 21.1. The van der Waals surface area contributed by atoms with Gasteiger partial charge in [0, 0.05) is 27.8 Å². The molecule has 2 rings (SSSR count). The second-order valence-electron chi connectivity index (χ2n) is 8.02. The van der Waals surface area contributed by atoms with Crippen LogP contribution in [0.1, 0.15) is 84.0 Å². The largest absolute Gasteiger partial charge is 0.370 e. The molecule has 25 heavy (non-hydrogen) atoms. The van der Waals surface area contributed by atoms with Gasteiger partial charge in [0.2, 0.25) is 0 Å². The summed E-state index contributed by atoms with van der Waals surface area (Å²) in [6.07, 6.45) is 16.5. The molecule has 2 fully saturated rings. The van der Waals surface area contributed by atoms with E-state index in [4.69, 9.17) is 18.9 Å². The summed E-state index contributed by atoms with van der Waals surface area (Å²) in [4.78, 5) is 0. The molecule has 4 atom stereocenters. The van der Waals surface area contributed by atoms with Crippen molar-refractivity contribution >= 4 is 0 Å². The van der Waals surface area contributed by atoms with Gasteiger partial charge >= 0.3 is 0 Å². The van der Waals surface area contributed by atoms with E-state index in [0.717, 1.165) is 24.7 Å². The first-order valence-electron chi connectivity index (χ1n) is 10.5.